The molecule has 3 N–H and O–H groups in total. The van der Waals surface area contributed by atoms with E-state index in [9.17, 15) is 19.5 Å². The number of pyridine rings is 1. The quantitative estimate of drug-likeness (QED) is 0.721. The Morgan fingerprint density at radius 3 is 2.65 bits per heavy atom. The second kappa shape index (κ2) is 7.44. The van der Waals surface area contributed by atoms with Gasteiger partial charge in [-0.1, -0.05) is 26.7 Å². The number of carboxylic acid groups (broad SMARTS) is 1. The van der Waals surface area contributed by atoms with E-state index >= 15 is 0 Å². The first kappa shape index (κ1) is 17.2. The molecule has 0 aliphatic heterocycles. The summed E-state index contributed by atoms with van der Waals surface area (Å²) in [6, 6.07) is 0.635. The molecule has 1 aliphatic rings. The molecule has 6 heteroatoms. The lowest BCUT2D eigenvalue weighted by molar-refractivity contribution is -0.140. The van der Waals surface area contributed by atoms with Gasteiger partial charge in [0.15, 0.2) is 0 Å². The summed E-state index contributed by atoms with van der Waals surface area (Å²) in [6.07, 6.45) is 5.44. The lowest BCUT2D eigenvalue weighted by atomic mass is 9.98. The number of aliphatic carboxylic acids is 1. The van der Waals surface area contributed by atoms with E-state index in [1.165, 1.54) is 0 Å². The zero-order chi connectivity index (χ0) is 17.0. The van der Waals surface area contributed by atoms with Gasteiger partial charge in [-0.3, -0.25) is 9.59 Å². The zero-order valence-electron chi connectivity index (χ0n) is 13.6. The number of aromatic amines is 1. The van der Waals surface area contributed by atoms with Gasteiger partial charge in [0.05, 0.1) is 0 Å². The van der Waals surface area contributed by atoms with Gasteiger partial charge in [-0.15, -0.1) is 0 Å². The summed E-state index contributed by atoms with van der Waals surface area (Å²) in [4.78, 5) is 38.7. The molecule has 6 nitrogen and oxygen atoms in total. The molecule has 0 radical (unpaired) electrons. The predicted molar refractivity (Wildman–Crippen MR) is 86.7 cm³/mol. The fraction of sp³-hybridized carbons (Fsp3) is 0.588. The number of aromatic nitrogens is 1. The molecule has 0 bridgehead atoms. The molecule has 2 rings (SSSR count). The summed E-state index contributed by atoms with van der Waals surface area (Å²) in [7, 11) is 0. The van der Waals surface area contributed by atoms with Crippen molar-refractivity contribution in [1.29, 1.82) is 0 Å². The number of fused-ring (bicyclic) bond motifs is 1. The molecule has 0 aromatic carbocycles. The van der Waals surface area contributed by atoms with Crippen molar-refractivity contribution in [3.05, 3.63) is 33.2 Å². The van der Waals surface area contributed by atoms with Crippen molar-refractivity contribution in [2.75, 3.05) is 0 Å². The Hall–Kier alpha value is -2.11. The summed E-state index contributed by atoms with van der Waals surface area (Å²) < 4.78 is 0. The highest BCUT2D eigenvalue weighted by Crippen LogP contribution is 2.18. The van der Waals surface area contributed by atoms with Gasteiger partial charge in [-0.05, 0) is 43.2 Å². The van der Waals surface area contributed by atoms with Crippen LogP contribution in [0.25, 0.3) is 0 Å². The largest absolute Gasteiger partial charge is 0.480 e. The van der Waals surface area contributed by atoms with Crippen LogP contribution < -0.4 is 10.9 Å². The molecule has 1 amide bonds. The maximum atomic E-state index is 12.4. The lowest BCUT2D eigenvalue weighted by Crippen LogP contribution is -2.46. The summed E-state index contributed by atoms with van der Waals surface area (Å²) >= 11 is 0. The fourth-order valence-corrected chi connectivity index (χ4v) is 2.92. The van der Waals surface area contributed by atoms with Crippen molar-refractivity contribution < 1.29 is 14.7 Å². The van der Waals surface area contributed by atoms with Crippen LogP contribution in [0.2, 0.25) is 0 Å². The zero-order valence-corrected chi connectivity index (χ0v) is 13.6. The van der Waals surface area contributed by atoms with Crippen molar-refractivity contribution in [3.8, 4) is 0 Å². The van der Waals surface area contributed by atoms with Crippen molar-refractivity contribution in [3.63, 3.8) is 0 Å². The Morgan fingerprint density at radius 2 is 2.00 bits per heavy atom. The van der Waals surface area contributed by atoms with Crippen LogP contribution in [0.4, 0.5) is 0 Å². The Bertz CT molecular complexity index is 650. The minimum Gasteiger partial charge on any atom is -0.480 e. The molecule has 1 heterocycles. The van der Waals surface area contributed by atoms with Gasteiger partial charge < -0.3 is 15.4 Å². The van der Waals surface area contributed by atoms with Gasteiger partial charge in [0.2, 0.25) is 0 Å². The number of aryl methyl sites for hydroxylation is 2. The Morgan fingerprint density at radius 1 is 1.30 bits per heavy atom. The molecule has 0 unspecified atom stereocenters. The number of rotatable bonds is 5. The minimum absolute atomic E-state index is 0.000188. The molecule has 23 heavy (non-hydrogen) atoms. The smallest absolute Gasteiger partial charge is 0.326 e. The topological polar surface area (TPSA) is 99.3 Å². The van der Waals surface area contributed by atoms with E-state index in [2.05, 4.69) is 10.3 Å². The van der Waals surface area contributed by atoms with Gasteiger partial charge in [0.25, 0.3) is 11.5 Å². The van der Waals surface area contributed by atoms with Gasteiger partial charge in [0.1, 0.15) is 11.6 Å². The van der Waals surface area contributed by atoms with E-state index in [-0.39, 0.29) is 11.5 Å². The number of H-pyrrole nitrogens is 1. The number of hydrogen-bond acceptors (Lipinski definition) is 3. The first-order chi connectivity index (χ1) is 10.9. The van der Waals surface area contributed by atoms with E-state index in [1.807, 2.05) is 6.92 Å². The molecular formula is C17H24N2O4. The number of carbonyl (C=O) groups excluding carboxylic acids is 1. The monoisotopic (exact) mass is 320 g/mol. The standard InChI is InChI=1S/C17H24N2O4/c1-3-10(2)14(17(22)23)19-16(21)12-9-11-7-5-4-6-8-13(11)18-15(12)20/h9-10,14H,3-8H2,1-2H3,(H,18,20)(H,19,21)(H,22,23)/t10-,14-/m0/s1. The highest BCUT2D eigenvalue weighted by atomic mass is 16.4. The lowest BCUT2D eigenvalue weighted by Gasteiger charge is -2.20. The number of hydrogen-bond donors (Lipinski definition) is 3. The summed E-state index contributed by atoms with van der Waals surface area (Å²) in [5.74, 6) is -1.92. The van der Waals surface area contributed by atoms with Gasteiger partial charge >= 0.3 is 5.97 Å². The summed E-state index contributed by atoms with van der Waals surface area (Å²) in [5.41, 5.74) is 1.44. The Labute approximate surface area is 135 Å². The van der Waals surface area contributed by atoms with Crippen LogP contribution in [0.1, 0.15) is 61.1 Å². The average Bonchev–Trinajstić information content (AvgIpc) is 2.75. The van der Waals surface area contributed by atoms with Gasteiger partial charge in [0, 0.05) is 5.69 Å². The van der Waals surface area contributed by atoms with E-state index in [1.54, 1.807) is 13.0 Å². The molecule has 1 aromatic rings. The average molecular weight is 320 g/mol. The SMILES string of the molecule is CC[C@H](C)[C@H](NC(=O)c1cc2c([nH]c1=O)CCCCC2)C(=O)O. The first-order valence-electron chi connectivity index (χ1n) is 8.22. The molecule has 0 fully saturated rings. The third-order valence-corrected chi connectivity index (χ3v) is 4.60. The third kappa shape index (κ3) is 4.00. The van der Waals surface area contributed by atoms with Crippen molar-refractivity contribution in [2.45, 2.75) is 58.4 Å². The van der Waals surface area contributed by atoms with Crippen LogP contribution in [-0.4, -0.2) is 28.0 Å². The van der Waals surface area contributed by atoms with E-state index in [0.29, 0.717) is 6.42 Å². The molecule has 1 aliphatic carbocycles. The third-order valence-electron chi connectivity index (χ3n) is 4.60. The number of amides is 1. The molecular weight excluding hydrogens is 296 g/mol. The maximum absolute atomic E-state index is 12.4. The number of nitrogens with one attached hydrogen (secondary N) is 2. The minimum atomic E-state index is -1.08. The Kier molecular flexibility index (Phi) is 5.58. The van der Waals surface area contributed by atoms with Crippen LogP contribution in [-0.2, 0) is 17.6 Å². The fourth-order valence-electron chi connectivity index (χ4n) is 2.92. The van der Waals surface area contributed by atoms with Crippen molar-refractivity contribution >= 4 is 11.9 Å². The molecule has 0 saturated heterocycles. The van der Waals surface area contributed by atoms with Gasteiger partial charge in [-0.25, -0.2) is 4.79 Å². The highest BCUT2D eigenvalue weighted by Gasteiger charge is 2.27. The molecule has 2 atom stereocenters. The predicted octanol–water partition coefficient (Wildman–Crippen LogP) is 1.87. The molecule has 0 saturated carbocycles. The molecule has 126 valence electrons. The van der Waals surface area contributed by atoms with E-state index in [4.69, 9.17) is 0 Å². The normalized spacial score (nSPS) is 16.8. The highest BCUT2D eigenvalue weighted by molar-refractivity contribution is 5.96. The van der Waals surface area contributed by atoms with Crippen molar-refractivity contribution in [1.82, 2.24) is 10.3 Å². The van der Waals surface area contributed by atoms with Crippen LogP contribution in [0, 0.1) is 5.92 Å². The Balaban J connectivity index is 2.27. The summed E-state index contributed by atoms with van der Waals surface area (Å²) in [5, 5.41) is 11.8. The van der Waals surface area contributed by atoms with Crippen LogP contribution in [0.3, 0.4) is 0 Å². The molecule has 1 aromatic heterocycles. The van der Waals surface area contributed by atoms with Crippen LogP contribution in [0.5, 0.6) is 0 Å². The number of carboxylic acids is 1. The van der Waals surface area contributed by atoms with Crippen LogP contribution in [0.15, 0.2) is 10.9 Å². The van der Waals surface area contributed by atoms with Gasteiger partial charge in [-0.2, -0.15) is 0 Å². The summed E-state index contributed by atoms with van der Waals surface area (Å²) in [6.45, 7) is 3.63. The first-order valence-corrected chi connectivity index (χ1v) is 8.22. The maximum Gasteiger partial charge on any atom is 0.326 e. The second-order valence-corrected chi connectivity index (χ2v) is 6.25. The van der Waals surface area contributed by atoms with Crippen molar-refractivity contribution in [2.24, 2.45) is 5.92 Å². The van der Waals surface area contributed by atoms with Crippen LogP contribution >= 0.6 is 0 Å². The van der Waals surface area contributed by atoms with E-state index < -0.39 is 23.5 Å². The molecule has 0 spiro atoms. The second-order valence-electron chi connectivity index (χ2n) is 6.25. The van der Waals surface area contributed by atoms with E-state index in [0.717, 1.165) is 43.4 Å². The number of carbonyl (C=O) groups is 2.